The topological polar surface area (TPSA) is 79.8 Å². The summed E-state index contributed by atoms with van der Waals surface area (Å²) in [5.74, 6) is -0.225. The highest BCUT2D eigenvalue weighted by atomic mass is 19.4. The lowest BCUT2D eigenvalue weighted by atomic mass is 10.0. The Labute approximate surface area is 199 Å². The lowest BCUT2D eigenvalue weighted by Crippen LogP contribution is -2.26. The summed E-state index contributed by atoms with van der Waals surface area (Å²) in [5, 5.41) is 4.12. The molecular formula is C24H22F3N5O3. The van der Waals surface area contributed by atoms with E-state index in [1.807, 2.05) is 30.3 Å². The monoisotopic (exact) mass is 485 g/mol. The molecule has 2 aromatic carbocycles. The number of fused-ring (bicyclic) bond motifs is 1. The van der Waals surface area contributed by atoms with Crippen molar-refractivity contribution in [2.24, 2.45) is 0 Å². The van der Waals surface area contributed by atoms with Gasteiger partial charge in [0.1, 0.15) is 11.3 Å². The molecule has 0 radical (unpaired) electrons. The minimum atomic E-state index is -4.69. The maximum Gasteiger partial charge on any atom is 0.421 e. The first-order valence-electron chi connectivity index (χ1n) is 10.9. The van der Waals surface area contributed by atoms with E-state index in [2.05, 4.69) is 15.3 Å². The van der Waals surface area contributed by atoms with Crippen molar-refractivity contribution in [3.05, 3.63) is 70.9 Å². The van der Waals surface area contributed by atoms with Crippen LogP contribution in [0.15, 0.2) is 48.7 Å². The molecule has 182 valence electrons. The zero-order valence-corrected chi connectivity index (χ0v) is 19.0. The molecule has 1 N–H and O–H groups in total. The molecule has 1 saturated heterocycles. The first kappa shape index (κ1) is 22.9. The van der Waals surface area contributed by atoms with Crippen LogP contribution < -0.4 is 15.1 Å². The molecule has 0 saturated carbocycles. The minimum Gasteiger partial charge on any atom is -0.495 e. The van der Waals surface area contributed by atoms with Gasteiger partial charge in [0.05, 0.1) is 25.4 Å². The lowest BCUT2D eigenvalue weighted by Gasteiger charge is -2.26. The van der Waals surface area contributed by atoms with Crippen molar-refractivity contribution >= 4 is 23.4 Å². The smallest absolute Gasteiger partial charge is 0.421 e. The molecule has 0 spiro atoms. The molecule has 2 aliphatic heterocycles. The SMILES string of the molecule is COc1cc2c(cc1Nc1ncc(C(F)(F)F)c(N3OCC[C@H]3c3ccccc3)n1)C(=O)N(C)C2. The quantitative estimate of drug-likeness (QED) is 0.560. The molecule has 0 unspecified atom stereocenters. The number of anilines is 3. The molecule has 11 heteroatoms. The van der Waals surface area contributed by atoms with Crippen LogP contribution in [-0.4, -0.2) is 41.5 Å². The van der Waals surface area contributed by atoms with Crippen LogP contribution >= 0.6 is 0 Å². The predicted molar refractivity (Wildman–Crippen MR) is 121 cm³/mol. The zero-order valence-electron chi connectivity index (χ0n) is 19.0. The number of methoxy groups -OCH3 is 1. The van der Waals surface area contributed by atoms with Gasteiger partial charge in [-0.25, -0.2) is 10.0 Å². The van der Waals surface area contributed by atoms with Crippen LogP contribution in [0.4, 0.5) is 30.6 Å². The fourth-order valence-corrected chi connectivity index (χ4v) is 4.33. The zero-order chi connectivity index (χ0) is 24.7. The number of ether oxygens (including phenoxy) is 1. The number of nitrogens with one attached hydrogen (secondary N) is 1. The molecule has 2 aliphatic rings. The van der Waals surface area contributed by atoms with Crippen LogP contribution in [0, 0.1) is 0 Å². The highest BCUT2D eigenvalue weighted by Gasteiger charge is 2.40. The number of hydroxylamine groups is 1. The average Bonchev–Trinajstić information content (AvgIpc) is 3.43. The van der Waals surface area contributed by atoms with Gasteiger partial charge in [-0.05, 0) is 23.3 Å². The molecule has 3 aromatic rings. The molecule has 0 aliphatic carbocycles. The Morgan fingerprint density at radius 1 is 1.20 bits per heavy atom. The van der Waals surface area contributed by atoms with Crippen LogP contribution in [0.2, 0.25) is 0 Å². The van der Waals surface area contributed by atoms with Crippen molar-refractivity contribution in [3.63, 3.8) is 0 Å². The molecule has 3 heterocycles. The van der Waals surface area contributed by atoms with Gasteiger partial charge in [0.2, 0.25) is 5.95 Å². The molecule has 1 fully saturated rings. The van der Waals surface area contributed by atoms with E-state index in [9.17, 15) is 18.0 Å². The fourth-order valence-electron chi connectivity index (χ4n) is 4.33. The number of benzene rings is 2. The summed E-state index contributed by atoms with van der Waals surface area (Å²) in [6.07, 6.45) is -3.46. The Bertz CT molecular complexity index is 1270. The van der Waals surface area contributed by atoms with Crippen molar-refractivity contribution in [1.82, 2.24) is 14.9 Å². The van der Waals surface area contributed by atoms with Gasteiger partial charge in [-0.2, -0.15) is 18.2 Å². The van der Waals surface area contributed by atoms with Crippen LogP contribution in [0.3, 0.4) is 0 Å². The van der Waals surface area contributed by atoms with Gasteiger partial charge in [0, 0.05) is 31.8 Å². The van der Waals surface area contributed by atoms with Crippen molar-refractivity contribution in [1.29, 1.82) is 0 Å². The van der Waals surface area contributed by atoms with E-state index in [1.165, 1.54) is 12.2 Å². The molecular weight excluding hydrogens is 463 g/mol. The molecule has 8 nitrogen and oxygen atoms in total. The van der Waals surface area contributed by atoms with E-state index < -0.39 is 23.6 Å². The van der Waals surface area contributed by atoms with Crippen LogP contribution in [0.5, 0.6) is 5.75 Å². The summed E-state index contributed by atoms with van der Waals surface area (Å²) < 4.78 is 47.1. The third-order valence-electron chi connectivity index (χ3n) is 6.03. The Kier molecular flexibility index (Phi) is 5.72. The Hall–Kier alpha value is -3.86. The number of hydrogen-bond acceptors (Lipinski definition) is 7. The summed E-state index contributed by atoms with van der Waals surface area (Å²) in [4.78, 5) is 27.7. The second-order valence-corrected chi connectivity index (χ2v) is 8.30. The maximum atomic E-state index is 13.9. The normalized spacial score (nSPS) is 17.6. The average molecular weight is 485 g/mol. The number of carbonyl (C=O) groups is 1. The second kappa shape index (κ2) is 8.73. The van der Waals surface area contributed by atoms with Crippen LogP contribution in [-0.2, 0) is 17.6 Å². The molecule has 5 rings (SSSR count). The summed E-state index contributed by atoms with van der Waals surface area (Å²) in [6, 6.07) is 12.0. The summed E-state index contributed by atoms with van der Waals surface area (Å²) in [7, 11) is 3.15. The fraction of sp³-hybridized carbons (Fsp3) is 0.292. The third-order valence-corrected chi connectivity index (χ3v) is 6.03. The number of nitrogens with zero attached hydrogens (tertiary/aromatic N) is 4. The molecule has 0 bridgehead atoms. The van der Waals surface area contributed by atoms with Gasteiger partial charge in [0.15, 0.2) is 5.82 Å². The van der Waals surface area contributed by atoms with E-state index in [-0.39, 0.29) is 18.5 Å². The highest BCUT2D eigenvalue weighted by Crippen LogP contribution is 2.42. The molecule has 1 atom stereocenters. The molecule has 1 amide bonds. The largest absolute Gasteiger partial charge is 0.495 e. The summed E-state index contributed by atoms with van der Waals surface area (Å²) >= 11 is 0. The number of carbonyl (C=O) groups excluding carboxylic acids is 1. The van der Waals surface area contributed by atoms with Gasteiger partial charge in [0.25, 0.3) is 5.91 Å². The van der Waals surface area contributed by atoms with Crippen molar-refractivity contribution < 1.29 is 27.5 Å². The lowest BCUT2D eigenvalue weighted by molar-refractivity contribution is -0.138. The number of alkyl halides is 3. The summed E-state index contributed by atoms with van der Waals surface area (Å²) in [5.41, 5.74) is 1.44. The van der Waals surface area contributed by atoms with E-state index in [1.54, 1.807) is 24.1 Å². The predicted octanol–water partition coefficient (Wildman–Crippen LogP) is 4.72. The van der Waals surface area contributed by atoms with E-state index >= 15 is 0 Å². The third kappa shape index (κ3) is 4.23. The van der Waals surface area contributed by atoms with E-state index in [0.29, 0.717) is 30.0 Å². The Morgan fingerprint density at radius 2 is 1.97 bits per heavy atom. The standard InChI is InChI=1S/C24H22F3N5O3/c1-31-13-15-10-20(34-2)18(11-16(15)22(31)33)29-23-28-12-17(24(25,26)27)21(30-23)32-19(8-9-35-32)14-6-4-3-5-7-14/h3-7,10-12,19H,8-9,13H2,1-2H3,(H,28,29,30)/t19-/m0/s1. The van der Waals surface area contributed by atoms with Crippen LogP contribution in [0.25, 0.3) is 0 Å². The van der Waals surface area contributed by atoms with Crippen molar-refractivity contribution in [2.45, 2.75) is 25.2 Å². The molecule has 1 aromatic heterocycles. The van der Waals surface area contributed by atoms with Gasteiger partial charge >= 0.3 is 6.18 Å². The Balaban J connectivity index is 1.54. The number of halogens is 3. The highest BCUT2D eigenvalue weighted by molar-refractivity contribution is 5.99. The van der Waals surface area contributed by atoms with Gasteiger partial charge in [-0.15, -0.1) is 0 Å². The van der Waals surface area contributed by atoms with Gasteiger partial charge in [-0.3, -0.25) is 9.63 Å². The number of rotatable bonds is 5. The van der Waals surface area contributed by atoms with Crippen molar-refractivity contribution in [3.8, 4) is 5.75 Å². The van der Waals surface area contributed by atoms with Crippen LogP contribution in [0.1, 0.15) is 39.5 Å². The van der Waals surface area contributed by atoms with Gasteiger partial charge < -0.3 is 15.0 Å². The van der Waals surface area contributed by atoms with E-state index in [0.717, 1.165) is 17.3 Å². The number of hydrogen-bond donors (Lipinski definition) is 1. The van der Waals surface area contributed by atoms with Crippen molar-refractivity contribution in [2.75, 3.05) is 31.1 Å². The number of amides is 1. The minimum absolute atomic E-state index is 0.0904. The van der Waals surface area contributed by atoms with Gasteiger partial charge in [-0.1, -0.05) is 30.3 Å². The Morgan fingerprint density at radius 3 is 2.69 bits per heavy atom. The first-order valence-corrected chi connectivity index (χ1v) is 10.9. The first-order chi connectivity index (χ1) is 16.8. The maximum absolute atomic E-state index is 13.9. The molecule has 35 heavy (non-hydrogen) atoms. The number of aromatic nitrogens is 2. The van der Waals surface area contributed by atoms with E-state index in [4.69, 9.17) is 9.57 Å². The second-order valence-electron chi connectivity index (χ2n) is 8.30. The summed E-state index contributed by atoms with van der Waals surface area (Å²) in [6.45, 7) is 0.691.